The Kier molecular flexibility index (Phi) is 3.82. The first-order chi connectivity index (χ1) is 9.17. The molecule has 2 aromatic rings. The smallest absolute Gasteiger partial charge is 0.144 e. The molecule has 2 rings (SSSR count). The molecule has 0 aliphatic heterocycles. The fourth-order valence-electron chi connectivity index (χ4n) is 2.07. The van der Waals surface area contributed by atoms with Gasteiger partial charge in [0.15, 0.2) is 0 Å². The van der Waals surface area contributed by atoms with Gasteiger partial charge in [0, 0.05) is 12.6 Å². The Morgan fingerprint density at radius 2 is 1.89 bits per heavy atom. The fourth-order valence-corrected chi connectivity index (χ4v) is 2.07. The van der Waals surface area contributed by atoms with Crippen molar-refractivity contribution in [3.05, 3.63) is 47.5 Å². The molecule has 0 bridgehead atoms. The van der Waals surface area contributed by atoms with Gasteiger partial charge in [0.05, 0.1) is 11.3 Å². The summed E-state index contributed by atoms with van der Waals surface area (Å²) in [7, 11) is 1.78. The summed E-state index contributed by atoms with van der Waals surface area (Å²) in [5.41, 5.74) is 3.71. The average molecular weight is 251 g/mol. The minimum absolute atomic E-state index is 0.320. The van der Waals surface area contributed by atoms with Crippen LogP contribution in [0.25, 0.3) is 11.3 Å². The molecule has 0 aliphatic rings. The molecular weight excluding hydrogens is 234 g/mol. The molecule has 1 heterocycles. The van der Waals surface area contributed by atoms with E-state index >= 15 is 0 Å². The van der Waals surface area contributed by atoms with Gasteiger partial charge in [0.1, 0.15) is 11.9 Å². The van der Waals surface area contributed by atoms with Gasteiger partial charge in [-0.2, -0.15) is 5.26 Å². The highest BCUT2D eigenvalue weighted by molar-refractivity contribution is 5.69. The molecule has 1 N–H and O–H groups in total. The van der Waals surface area contributed by atoms with E-state index in [1.165, 1.54) is 0 Å². The van der Waals surface area contributed by atoms with Crippen LogP contribution in [0, 0.1) is 11.3 Å². The second-order valence-corrected chi connectivity index (χ2v) is 4.70. The van der Waals surface area contributed by atoms with Gasteiger partial charge < -0.3 is 5.32 Å². The molecule has 0 atom stereocenters. The van der Waals surface area contributed by atoms with Crippen LogP contribution >= 0.6 is 0 Å². The molecule has 3 heteroatoms. The molecule has 0 spiro atoms. The Labute approximate surface area is 113 Å². The van der Waals surface area contributed by atoms with Gasteiger partial charge in [0.2, 0.25) is 0 Å². The van der Waals surface area contributed by atoms with Crippen molar-refractivity contribution in [1.82, 2.24) is 4.98 Å². The molecular formula is C16H17N3. The number of rotatable bonds is 3. The number of benzene rings is 1. The maximum Gasteiger partial charge on any atom is 0.144 e. The topological polar surface area (TPSA) is 48.7 Å². The van der Waals surface area contributed by atoms with Gasteiger partial charge in [-0.3, -0.25) is 0 Å². The van der Waals surface area contributed by atoms with Crippen LogP contribution in [-0.4, -0.2) is 12.0 Å². The van der Waals surface area contributed by atoms with Crippen molar-refractivity contribution in [2.75, 3.05) is 12.4 Å². The van der Waals surface area contributed by atoms with Gasteiger partial charge in [-0.15, -0.1) is 0 Å². The monoisotopic (exact) mass is 251 g/mol. The van der Waals surface area contributed by atoms with Crippen molar-refractivity contribution in [3.8, 4) is 17.3 Å². The number of pyridine rings is 1. The van der Waals surface area contributed by atoms with Crippen LogP contribution in [0.3, 0.4) is 0 Å². The van der Waals surface area contributed by atoms with Crippen molar-refractivity contribution in [1.29, 1.82) is 5.26 Å². The summed E-state index contributed by atoms with van der Waals surface area (Å²) in [5.74, 6) is 0.950. The quantitative estimate of drug-likeness (QED) is 0.903. The van der Waals surface area contributed by atoms with Gasteiger partial charge in [0.25, 0.3) is 0 Å². The lowest BCUT2D eigenvalue weighted by Gasteiger charge is -2.15. The molecule has 3 nitrogen and oxygen atoms in total. The van der Waals surface area contributed by atoms with Crippen molar-refractivity contribution >= 4 is 5.82 Å². The van der Waals surface area contributed by atoms with Crippen LogP contribution in [-0.2, 0) is 0 Å². The maximum absolute atomic E-state index is 9.19. The third-order valence-electron chi connectivity index (χ3n) is 3.08. The Morgan fingerprint density at radius 3 is 2.42 bits per heavy atom. The number of aromatic nitrogens is 1. The van der Waals surface area contributed by atoms with Crippen LogP contribution in [0.15, 0.2) is 36.4 Å². The molecule has 0 aliphatic carbocycles. The summed E-state index contributed by atoms with van der Waals surface area (Å²) >= 11 is 0. The zero-order valence-corrected chi connectivity index (χ0v) is 11.4. The Morgan fingerprint density at radius 1 is 1.21 bits per heavy atom. The molecule has 0 saturated heterocycles. The largest absolute Gasteiger partial charge is 0.372 e. The number of hydrogen-bond acceptors (Lipinski definition) is 3. The van der Waals surface area contributed by atoms with Gasteiger partial charge in [-0.05, 0) is 17.5 Å². The van der Waals surface area contributed by atoms with E-state index in [0.29, 0.717) is 17.3 Å². The van der Waals surface area contributed by atoms with Gasteiger partial charge in [-0.25, -0.2) is 4.98 Å². The molecule has 19 heavy (non-hydrogen) atoms. The Hall–Kier alpha value is -2.34. The molecule has 0 fully saturated rings. The van der Waals surface area contributed by atoms with Crippen LogP contribution < -0.4 is 5.32 Å². The van der Waals surface area contributed by atoms with E-state index < -0.39 is 0 Å². The molecule has 96 valence electrons. The summed E-state index contributed by atoms with van der Waals surface area (Å²) < 4.78 is 0. The second kappa shape index (κ2) is 5.53. The van der Waals surface area contributed by atoms with Crippen LogP contribution in [0.5, 0.6) is 0 Å². The summed E-state index contributed by atoms with van der Waals surface area (Å²) in [4.78, 5) is 4.62. The first kappa shape index (κ1) is 13.1. The third kappa shape index (κ3) is 2.58. The standard InChI is InChI=1S/C16H17N3/c1-11(2)14-9-13(10-17)16(18-3)19-15(14)12-7-5-4-6-8-12/h4-9,11H,1-3H3,(H,18,19). The second-order valence-electron chi connectivity index (χ2n) is 4.70. The minimum atomic E-state index is 0.320. The lowest BCUT2D eigenvalue weighted by Crippen LogP contribution is -2.03. The first-order valence-corrected chi connectivity index (χ1v) is 6.35. The van der Waals surface area contributed by atoms with Crippen LogP contribution in [0.4, 0.5) is 5.82 Å². The Bertz CT molecular complexity index is 610. The van der Waals surface area contributed by atoms with Crippen molar-refractivity contribution in [2.45, 2.75) is 19.8 Å². The number of hydrogen-bond donors (Lipinski definition) is 1. The Balaban J connectivity index is 2.69. The van der Waals surface area contributed by atoms with E-state index in [0.717, 1.165) is 16.8 Å². The first-order valence-electron chi connectivity index (χ1n) is 6.35. The zero-order chi connectivity index (χ0) is 13.8. The van der Waals surface area contributed by atoms with E-state index in [2.05, 4.69) is 30.2 Å². The van der Waals surface area contributed by atoms with Crippen LogP contribution in [0.2, 0.25) is 0 Å². The molecule has 1 aromatic carbocycles. The van der Waals surface area contributed by atoms with E-state index in [1.807, 2.05) is 36.4 Å². The van der Waals surface area contributed by atoms with Crippen molar-refractivity contribution in [3.63, 3.8) is 0 Å². The van der Waals surface area contributed by atoms with Gasteiger partial charge in [-0.1, -0.05) is 44.2 Å². The maximum atomic E-state index is 9.19. The number of nitriles is 1. The highest BCUT2D eigenvalue weighted by atomic mass is 15.0. The average Bonchev–Trinajstić information content (AvgIpc) is 2.46. The molecule has 0 amide bonds. The predicted molar refractivity (Wildman–Crippen MR) is 78.0 cm³/mol. The summed E-state index contributed by atoms with van der Waals surface area (Å²) in [6.45, 7) is 4.23. The molecule has 1 aromatic heterocycles. The van der Waals surface area contributed by atoms with Gasteiger partial charge >= 0.3 is 0 Å². The van der Waals surface area contributed by atoms with E-state index in [4.69, 9.17) is 0 Å². The predicted octanol–water partition coefficient (Wildman–Crippen LogP) is 3.79. The fraction of sp³-hybridized carbons (Fsp3) is 0.250. The normalized spacial score (nSPS) is 10.3. The van der Waals surface area contributed by atoms with E-state index in [1.54, 1.807) is 7.05 Å². The van der Waals surface area contributed by atoms with Crippen molar-refractivity contribution in [2.24, 2.45) is 0 Å². The lowest BCUT2D eigenvalue weighted by atomic mass is 9.95. The molecule has 0 unspecified atom stereocenters. The van der Waals surface area contributed by atoms with Crippen molar-refractivity contribution < 1.29 is 0 Å². The summed E-state index contributed by atoms with van der Waals surface area (Å²) in [6, 6.07) is 14.2. The number of anilines is 1. The highest BCUT2D eigenvalue weighted by Gasteiger charge is 2.14. The van der Waals surface area contributed by atoms with E-state index in [-0.39, 0.29) is 0 Å². The molecule has 0 radical (unpaired) electrons. The number of nitrogens with one attached hydrogen (secondary N) is 1. The minimum Gasteiger partial charge on any atom is -0.372 e. The van der Waals surface area contributed by atoms with Crippen LogP contribution in [0.1, 0.15) is 30.9 Å². The third-order valence-corrected chi connectivity index (χ3v) is 3.08. The SMILES string of the molecule is CNc1nc(-c2ccccc2)c(C(C)C)cc1C#N. The number of nitrogens with zero attached hydrogens (tertiary/aromatic N) is 2. The zero-order valence-electron chi connectivity index (χ0n) is 11.4. The lowest BCUT2D eigenvalue weighted by molar-refractivity contribution is 0.861. The highest BCUT2D eigenvalue weighted by Crippen LogP contribution is 2.30. The van der Waals surface area contributed by atoms with E-state index in [9.17, 15) is 5.26 Å². The molecule has 0 saturated carbocycles. The summed E-state index contributed by atoms with van der Waals surface area (Å²) in [5, 5.41) is 12.2. The summed E-state index contributed by atoms with van der Waals surface area (Å²) in [6.07, 6.45) is 0.